The number of carbonyl (C=O) groups is 1. The maximum Gasteiger partial charge on any atom is 0.162 e. The Morgan fingerprint density at radius 2 is 1.48 bits per heavy atom. The summed E-state index contributed by atoms with van der Waals surface area (Å²) in [7, 11) is 0. The van der Waals surface area contributed by atoms with E-state index in [2.05, 4.69) is 85.3 Å². The van der Waals surface area contributed by atoms with E-state index in [1.807, 2.05) is 6.07 Å². The van der Waals surface area contributed by atoms with Crippen molar-refractivity contribution in [3.63, 3.8) is 0 Å². The zero-order chi connectivity index (χ0) is 33.5. The largest absolute Gasteiger partial charge is 0.512 e. The number of carbonyl (C=O) groups excluding carboxylic acids is 1. The van der Waals surface area contributed by atoms with Crippen LogP contribution in [0.15, 0.2) is 72.8 Å². The first-order valence-corrected chi connectivity index (χ1v) is 19.0. The summed E-state index contributed by atoms with van der Waals surface area (Å²) in [6.45, 7) is 6.84. The standard InChI is InChI=1S/C27H27N2.C17H28O2.CH4.Ir/c1-2-6-19-11-13-20(14-12-19)22-15-16-25-26(17-22)28-18-29-27(25)24-10-5-8-21-7-3-4-9-23(21)24;1-12-3-7-14(8-4-12)16(18)11-17(19)15-9-5-13(2)6-10-15;;/h3-5,7-9,15-20H,2,6,11-14H2,1H3;11-15,18H,3-10H2,1-2H3;1H4;/q-1;;;. The third-order valence-electron chi connectivity index (χ3n) is 11.8. The minimum Gasteiger partial charge on any atom is -0.512 e. The van der Waals surface area contributed by atoms with Gasteiger partial charge in [-0.1, -0.05) is 109 Å². The van der Waals surface area contributed by atoms with Gasteiger partial charge in [0.1, 0.15) is 6.33 Å². The summed E-state index contributed by atoms with van der Waals surface area (Å²) in [5.41, 5.74) is 4.52. The fourth-order valence-electron chi connectivity index (χ4n) is 8.56. The van der Waals surface area contributed by atoms with Gasteiger partial charge in [-0.25, -0.2) is 4.98 Å². The van der Waals surface area contributed by atoms with Crippen LogP contribution in [-0.2, 0) is 24.9 Å². The number of allylic oxidation sites excluding steroid dienone is 2. The van der Waals surface area contributed by atoms with Gasteiger partial charge in [0.05, 0.1) is 11.3 Å². The van der Waals surface area contributed by atoms with Gasteiger partial charge in [-0.15, -0.1) is 29.1 Å². The summed E-state index contributed by atoms with van der Waals surface area (Å²) in [4.78, 5) is 21.5. The van der Waals surface area contributed by atoms with E-state index in [4.69, 9.17) is 0 Å². The zero-order valence-corrected chi connectivity index (χ0v) is 32.2. The molecule has 271 valence electrons. The smallest absolute Gasteiger partial charge is 0.162 e. The van der Waals surface area contributed by atoms with Gasteiger partial charge >= 0.3 is 0 Å². The van der Waals surface area contributed by atoms with Gasteiger partial charge in [-0.2, -0.15) is 0 Å². The van der Waals surface area contributed by atoms with Crippen molar-refractivity contribution in [3.8, 4) is 11.3 Å². The van der Waals surface area contributed by atoms with E-state index in [0.29, 0.717) is 11.7 Å². The molecular formula is C45H59IrN2O2-. The van der Waals surface area contributed by atoms with E-state index < -0.39 is 0 Å². The molecule has 3 aliphatic rings. The summed E-state index contributed by atoms with van der Waals surface area (Å²) < 4.78 is 0. The molecule has 1 N–H and O–H groups in total. The van der Waals surface area contributed by atoms with Gasteiger partial charge in [0.2, 0.25) is 0 Å². The monoisotopic (exact) mass is 852 g/mol. The molecule has 4 nitrogen and oxygen atoms in total. The summed E-state index contributed by atoms with van der Waals surface area (Å²) in [6.07, 6.45) is 20.1. The summed E-state index contributed by atoms with van der Waals surface area (Å²) >= 11 is 0. The molecule has 0 bridgehead atoms. The van der Waals surface area contributed by atoms with Crippen LogP contribution in [0.3, 0.4) is 0 Å². The Morgan fingerprint density at radius 1 is 0.820 bits per heavy atom. The first-order valence-electron chi connectivity index (χ1n) is 19.0. The number of aliphatic hydroxyl groups excluding tert-OH is 1. The molecule has 3 saturated carbocycles. The molecule has 7 rings (SSSR count). The van der Waals surface area contributed by atoms with E-state index in [1.165, 1.54) is 67.7 Å². The van der Waals surface area contributed by atoms with E-state index in [-0.39, 0.29) is 45.2 Å². The SMILES string of the molecule is C.CC1CCC(C(=O)C=C(O)C2CCC(C)CC2)CC1.CCCC1CCC(c2ccc3c(-c4[c-]ccc5ccccc45)ncnc3c2)CC1.[Ir]. The molecule has 1 heterocycles. The van der Waals surface area contributed by atoms with Gasteiger partial charge in [0, 0.05) is 38.0 Å². The average molecular weight is 852 g/mol. The Morgan fingerprint density at radius 3 is 2.16 bits per heavy atom. The van der Waals surface area contributed by atoms with Crippen molar-refractivity contribution in [3.05, 3.63) is 84.4 Å². The Balaban J connectivity index is 0.000000235. The van der Waals surface area contributed by atoms with E-state index in [1.54, 1.807) is 12.4 Å². The first kappa shape index (κ1) is 39.9. The molecule has 3 aromatic carbocycles. The molecule has 0 unspecified atom stereocenters. The third-order valence-corrected chi connectivity index (χ3v) is 11.8. The fourth-order valence-corrected chi connectivity index (χ4v) is 8.56. The van der Waals surface area contributed by atoms with Crippen LogP contribution >= 0.6 is 0 Å². The molecular weight excluding hydrogens is 793 g/mol. The number of rotatable bonds is 7. The second-order valence-electron chi connectivity index (χ2n) is 15.3. The van der Waals surface area contributed by atoms with Crippen molar-refractivity contribution in [2.24, 2.45) is 29.6 Å². The molecule has 3 fully saturated rings. The van der Waals surface area contributed by atoms with Gasteiger partial charge < -0.3 is 5.11 Å². The number of hydrogen-bond acceptors (Lipinski definition) is 4. The minimum atomic E-state index is 0. The Labute approximate surface area is 315 Å². The zero-order valence-electron chi connectivity index (χ0n) is 29.8. The molecule has 0 aliphatic heterocycles. The van der Waals surface area contributed by atoms with Crippen LogP contribution in [0, 0.1) is 35.7 Å². The van der Waals surface area contributed by atoms with Crippen molar-refractivity contribution in [2.45, 2.75) is 124 Å². The maximum absolute atomic E-state index is 12.2. The molecule has 1 radical (unpaired) electrons. The Kier molecular flexibility index (Phi) is 15.2. The van der Waals surface area contributed by atoms with Crippen LogP contribution in [0.25, 0.3) is 32.9 Å². The number of benzene rings is 3. The predicted octanol–water partition coefficient (Wildman–Crippen LogP) is 12.6. The van der Waals surface area contributed by atoms with Crippen LogP contribution in [0.4, 0.5) is 0 Å². The molecule has 0 amide bonds. The van der Waals surface area contributed by atoms with Crippen LogP contribution in [0.5, 0.6) is 0 Å². The molecule has 3 aliphatic carbocycles. The summed E-state index contributed by atoms with van der Waals surface area (Å²) in [5, 5.41) is 13.7. The number of ketones is 1. The number of aliphatic hydroxyl groups is 1. The molecule has 5 heteroatoms. The molecule has 0 spiro atoms. The average Bonchev–Trinajstić information content (AvgIpc) is 3.12. The molecule has 0 saturated heterocycles. The number of fused-ring (bicyclic) bond motifs is 2. The normalized spacial score (nSPS) is 25.5. The van der Waals surface area contributed by atoms with Crippen molar-refractivity contribution in [1.82, 2.24) is 9.97 Å². The van der Waals surface area contributed by atoms with Crippen LogP contribution in [-0.4, -0.2) is 20.9 Å². The predicted molar refractivity (Wildman–Crippen MR) is 206 cm³/mol. The fraction of sp³-hybridized carbons (Fsp3) is 0.533. The first-order chi connectivity index (χ1) is 23.4. The number of nitrogens with zero attached hydrogens (tertiary/aromatic N) is 2. The van der Waals surface area contributed by atoms with Crippen molar-refractivity contribution < 1.29 is 30.0 Å². The van der Waals surface area contributed by atoms with E-state index >= 15 is 0 Å². The van der Waals surface area contributed by atoms with E-state index in [9.17, 15) is 9.90 Å². The molecule has 50 heavy (non-hydrogen) atoms. The van der Waals surface area contributed by atoms with Gasteiger partial charge in [-0.3, -0.25) is 9.78 Å². The van der Waals surface area contributed by atoms with E-state index in [0.717, 1.165) is 78.4 Å². The molecule has 0 atom stereocenters. The number of aromatic nitrogens is 2. The van der Waals surface area contributed by atoms with Crippen LogP contribution in [0.2, 0.25) is 0 Å². The third kappa shape index (κ3) is 9.91. The molecule has 1 aromatic heterocycles. The summed E-state index contributed by atoms with van der Waals surface area (Å²) in [6, 6.07) is 22.8. The van der Waals surface area contributed by atoms with Crippen molar-refractivity contribution in [1.29, 1.82) is 0 Å². The Hall–Kier alpha value is -2.88. The quantitative estimate of drug-likeness (QED) is 0.114. The van der Waals surface area contributed by atoms with Gasteiger partial charge in [-0.05, 0) is 97.7 Å². The van der Waals surface area contributed by atoms with Crippen LogP contribution < -0.4 is 0 Å². The topological polar surface area (TPSA) is 63.1 Å². The van der Waals surface area contributed by atoms with Crippen LogP contribution in [0.1, 0.15) is 130 Å². The second kappa shape index (κ2) is 19.1. The van der Waals surface area contributed by atoms with Crippen molar-refractivity contribution >= 4 is 27.5 Å². The maximum atomic E-state index is 12.2. The minimum absolute atomic E-state index is 0. The molecule has 4 aromatic rings. The van der Waals surface area contributed by atoms with Gasteiger partial charge in [0.15, 0.2) is 5.78 Å². The second-order valence-corrected chi connectivity index (χ2v) is 15.3. The van der Waals surface area contributed by atoms with Gasteiger partial charge in [0.25, 0.3) is 0 Å². The Bertz CT molecular complexity index is 1690. The summed E-state index contributed by atoms with van der Waals surface area (Å²) in [5.74, 6) is 4.09. The van der Waals surface area contributed by atoms with Crippen molar-refractivity contribution in [2.75, 3.05) is 0 Å². The number of hydrogen-bond donors (Lipinski definition) is 1.